The van der Waals surface area contributed by atoms with Crippen LogP contribution in [0.3, 0.4) is 0 Å². The Labute approximate surface area is 108 Å². The van der Waals surface area contributed by atoms with Gasteiger partial charge in [0.1, 0.15) is 0 Å². The second kappa shape index (κ2) is 5.73. The molecule has 0 aliphatic rings. The Hall–Kier alpha value is -2.48. The Morgan fingerprint density at radius 2 is 1.17 bits per heavy atom. The van der Waals surface area contributed by atoms with Gasteiger partial charge in [-0.3, -0.25) is 0 Å². The monoisotopic (exact) mass is 236 g/mol. The van der Waals surface area contributed by atoms with E-state index in [9.17, 15) is 0 Å². The van der Waals surface area contributed by atoms with Crippen molar-refractivity contribution < 1.29 is 0 Å². The molecule has 0 heterocycles. The molecule has 0 aliphatic heterocycles. The molecule has 0 amide bonds. The van der Waals surface area contributed by atoms with Crippen LogP contribution in [0.2, 0.25) is 0 Å². The molecule has 0 unspecified atom stereocenters. The molecule has 0 radical (unpaired) electrons. The molecule has 0 spiro atoms. The fourth-order valence-corrected chi connectivity index (χ4v) is 1.63. The number of nitrogens with one attached hydrogen (secondary N) is 2. The maximum Gasteiger partial charge on any atom is 0.0545 e. The molecule has 2 rings (SSSR count). The van der Waals surface area contributed by atoms with Crippen LogP contribution in [0.25, 0.3) is 12.2 Å². The lowest BCUT2D eigenvalue weighted by Gasteiger charge is -2.10. The van der Waals surface area contributed by atoms with Gasteiger partial charge in [0.25, 0.3) is 0 Å². The molecule has 2 heteroatoms. The van der Waals surface area contributed by atoms with Gasteiger partial charge in [0.2, 0.25) is 0 Å². The van der Waals surface area contributed by atoms with E-state index in [0.717, 1.165) is 22.5 Å². The topological polar surface area (TPSA) is 24.1 Å². The summed E-state index contributed by atoms with van der Waals surface area (Å²) in [5.74, 6) is 0. The van der Waals surface area contributed by atoms with Gasteiger partial charge in [-0.15, -0.1) is 0 Å². The Morgan fingerprint density at radius 1 is 0.722 bits per heavy atom. The van der Waals surface area contributed by atoms with Crippen molar-refractivity contribution in [2.45, 2.75) is 0 Å². The molecular formula is C16H16N2. The quantitative estimate of drug-likeness (QED) is 0.751. The molecule has 2 nitrogen and oxygen atoms in total. The summed E-state index contributed by atoms with van der Waals surface area (Å²) in [5.41, 5.74) is 10.5. The summed E-state index contributed by atoms with van der Waals surface area (Å²) in [6.07, 6.45) is 3.65. The van der Waals surface area contributed by atoms with E-state index in [0.29, 0.717) is 0 Å². The first-order valence-electron chi connectivity index (χ1n) is 5.79. The third-order valence-electron chi connectivity index (χ3n) is 2.60. The molecule has 0 aliphatic carbocycles. The van der Waals surface area contributed by atoms with Crippen molar-refractivity contribution in [2.24, 2.45) is 0 Å². The van der Waals surface area contributed by atoms with Crippen LogP contribution in [0.1, 0.15) is 11.1 Å². The predicted molar refractivity (Wildman–Crippen MR) is 80.3 cm³/mol. The van der Waals surface area contributed by atoms with E-state index >= 15 is 0 Å². The summed E-state index contributed by atoms with van der Waals surface area (Å²) < 4.78 is 0. The average Bonchev–Trinajstić information content (AvgIpc) is 2.45. The molecule has 0 aromatic heterocycles. The van der Waals surface area contributed by atoms with Gasteiger partial charge >= 0.3 is 0 Å². The van der Waals surface area contributed by atoms with Crippen LogP contribution in [0.5, 0.6) is 0 Å². The standard InChI is InChI=1S/C16H16N2/c1-3-13-7-5-9-15(11-13)17-18-16-10-6-8-14(4-2)12-16/h3-12,17-18H,1-2H2. The number of benzene rings is 2. The zero-order valence-electron chi connectivity index (χ0n) is 10.2. The lowest BCUT2D eigenvalue weighted by Crippen LogP contribution is -2.08. The van der Waals surface area contributed by atoms with E-state index in [-0.39, 0.29) is 0 Å². The number of hydrogen-bond acceptors (Lipinski definition) is 2. The van der Waals surface area contributed by atoms with Gasteiger partial charge in [-0.05, 0) is 35.4 Å². The molecule has 90 valence electrons. The van der Waals surface area contributed by atoms with Gasteiger partial charge in [0, 0.05) is 0 Å². The highest BCUT2D eigenvalue weighted by Crippen LogP contribution is 2.14. The van der Waals surface area contributed by atoms with Crippen LogP contribution in [0, 0.1) is 0 Å². The average molecular weight is 236 g/mol. The largest absolute Gasteiger partial charge is 0.301 e. The number of anilines is 2. The van der Waals surface area contributed by atoms with Crippen LogP contribution >= 0.6 is 0 Å². The zero-order chi connectivity index (χ0) is 12.8. The molecule has 0 saturated heterocycles. The Morgan fingerprint density at radius 3 is 1.56 bits per heavy atom. The second-order valence-electron chi connectivity index (χ2n) is 3.91. The Kier molecular flexibility index (Phi) is 3.82. The van der Waals surface area contributed by atoms with Crippen molar-refractivity contribution in [1.82, 2.24) is 0 Å². The van der Waals surface area contributed by atoms with Crippen molar-refractivity contribution in [3.63, 3.8) is 0 Å². The Balaban J connectivity index is 2.06. The van der Waals surface area contributed by atoms with Crippen molar-refractivity contribution in [3.8, 4) is 0 Å². The summed E-state index contributed by atoms with van der Waals surface area (Å²) in [5, 5.41) is 0. The van der Waals surface area contributed by atoms with Crippen LogP contribution in [-0.2, 0) is 0 Å². The number of hydrazine groups is 1. The normalized spacial score (nSPS) is 9.56. The molecule has 0 saturated carbocycles. The highest BCUT2D eigenvalue weighted by Gasteiger charge is 1.94. The lowest BCUT2D eigenvalue weighted by molar-refractivity contribution is 1.41. The molecule has 0 atom stereocenters. The van der Waals surface area contributed by atoms with E-state index in [4.69, 9.17) is 0 Å². The van der Waals surface area contributed by atoms with Gasteiger partial charge in [-0.1, -0.05) is 49.6 Å². The first-order valence-corrected chi connectivity index (χ1v) is 5.79. The summed E-state index contributed by atoms with van der Waals surface area (Å²) in [7, 11) is 0. The minimum absolute atomic E-state index is 0.997. The molecule has 18 heavy (non-hydrogen) atoms. The molecule has 0 bridgehead atoms. The lowest BCUT2D eigenvalue weighted by atomic mass is 10.2. The SMILES string of the molecule is C=Cc1cccc(NNc2cccc(C=C)c2)c1. The summed E-state index contributed by atoms with van der Waals surface area (Å²) >= 11 is 0. The van der Waals surface area contributed by atoms with E-state index < -0.39 is 0 Å². The van der Waals surface area contributed by atoms with Gasteiger partial charge in [0.05, 0.1) is 11.4 Å². The highest BCUT2D eigenvalue weighted by atomic mass is 15.4. The predicted octanol–water partition coefficient (Wildman–Crippen LogP) is 4.41. The minimum Gasteiger partial charge on any atom is -0.301 e. The number of rotatable bonds is 5. The third kappa shape index (κ3) is 3.01. The van der Waals surface area contributed by atoms with Crippen molar-refractivity contribution in [2.75, 3.05) is 10.9 Å². The van der Waals surface area contributed by atoms with Crippen molar-refractivity contribution >= 4 is 23.5 Å². The van der Waals surface area contributed by atoms with Crippen LogP contribution in [-0.4, -0.2) is 0 Å². The van der Waals surface area contributed by atoms with E-state index in [2.05, 4.69) is 24.0 Å². The number of hydrogen-bond donors (Lipinski definition) is 2. The molecule has 0 fully saturated rings. The van der Waals surface area contributed by atoms with Gasteiger partial charge in [0.15, 0.2) is 0 Å². The molecule has 2 N–H and O–H groups in total. The second-order valence-corrected chi connectivity index (χ2v) is 3.91. The maximum absolute atomic E-state index is 3.75. The van der Waals surface area contributed by atoms with Gasteiger partial charge in [-0.25, -0.2) is 0 Å². The highest BCUT2D eigenvalue weighted by molar-refractivity contribution is 5.61. The first-order chi connectivity index (χ1) is 8.81. The first kappa shape index (κ1) is 12.0. The van der Waals surface area contributed by atoms with Crippen LogP contribution in [0.15, 0.2) is 61.7 Å². The van der Waals surface area contributed by atoms with E-state index in [1.165, 1.54) is 0 Å². The van der Waals surface area contributed by atoms with Crippen molar-refractivity contribution in [1.29, 1.82) is 0 Å². The van der Waals surface area contributed by atoms with Gasteiger partial charge < -0.3 is 10.9 Å². The van der Waals surface area contributed by atoms with Crippen LogP contribution < -0.4 is 10.9 Å². The fraction of sp³-hybridized carbons (Fsp3) is 0. The van der Waals surface area contributed by atoms with Gasteiger partial charge in [-0.2, -0.15) is 0 Å². The summed E-state index contributed by atoms with van der Waals surface area (Å²) in [6, 6.07) is 16.0. The summed E-state index contributed by atoms with van der Waals surface area (Å²) in [4.78, 5) is 0. The van der Waals surface area contributed by atoms with Crippen molar-refractivity contribution in [3.05, 3.63) is 72.8 Å². The zero-order valence-corrected chi connectivity index (χ0v) is 10.2. The molecule has 2 aromatic rings. The summed E-state index contributed by atoms with van der Waals surface area (Å²) in [6.45, 7) is 7.51. The molecule has 2 aromatic carbocycles. The third-order valence-corrected chi connectivity index (χ3v) is 2.60. The van der Waals surface area contributed by atoms with E-state index in [1.54, 1.807) is 0 Å². The Bertz CT molecular complexity index is 507. The maximum atomic E-state index is 3.75. The minimum atomic E-state index is 0.997. The van der Waals surface area contributed by atoms with Crippen LogP contribution in [0.4, 0.5) is 11.4 Å². The smallest absolute Gasteiger partial charge is 0.0545 e. The fourth-order valence-electron chi connectivity index (χ4n) is 1.63. The van der Waals surface area contributed by atoms with E-state index in [1.807, 2.05) is 60.7 Å². The molecular weight excluding hydrogens is 220 g/mol.